The molecule has 0 saturated heterocycles. The van der Waals surface area contributed by atoms with E-state index in [0.717, 1.165) is 0 Å². The second-order valence-corrected chi connectivity index (χ2v) is 6.98. The van der Waals surface area contributed by atoms with E-state index in [1.165, 1.54) is 6.92 Å². The van der Waals surface area contributed by atoms with Gasteiger partial charge in [-0.05, 0) is 56.7 Å². The van der Waals surface area contributed by atoms with E-state index in [1.54, 1.807) is 38.1 Å². The van der Waals surface area contributed by atoms with Crippen molar-refractivity contribution in [2.45, 2.75) is 50.6 Å². The van der Waals surface area contributed by atoms with Crippen molar-refractivity contribution in [3.63, 3.8) is 0 Å². The first-order valence-electron chi connectivity index (χ1n) is 8.60. The van der Waals surface area contributed by atoms with Gasteiger partial charge in [-0.25, -0.2) is 9.97 Å². The Morgan fingerprint density at radius 1 is 1.14 bits per heavy atom. The third-order valence-electron chi connectivity index (χ3n) is 3.89. The molecular weight excluding hydrogens is 388 g/mol. The summed E-state index contributed by atoms with van der Waals surface area (Å²) in [7, 11) is 0. The summed E-state index contributed by atoms with van der Waals surface area (Å²) in [6.45, 7) is 4.85. The third kappa shape index (κ3) is 6.56. The standard InChI is InChI=1S/C19H21F2N3O3S/c1-11-15(12(2)23-19(22-11)28-18(20)21)9-10-16(25)27-13(3)17(26)24-14-7-5-4-6-8-14/h4-8,13,18H,9-10H2,1-3H3,(H,24,26)/t13-/m0/s1. The number of hydrogen-bond donors (Lipinski definition) is 1. The highest BCUT2D eigenvalue weighted by Crippen LogP contribution is 2.24. The van der Waals surface area contributed by atoms with Crippen molar-refractivity contribution in [3.8, 4) is 0 Å². The zero-order valence-electron chi connectivity index (χ0n) is 15.7. The van der Waals surface area contributed by atoms with Gasteiger partial charge in [-0.15, -0.1) is 0 Å². The van der Waals surface area contributed by atoms with Crippen LogP contribution in [0.2, 0.25) is 0 Å². The number of nitrogens with zero attached hydrogens (tertiary/aromatic N) is 2. The van der Waals surface area contributed by atoms with Gasteiger partial charge in [0.1, 0.15) is 0 Å². The number of alkyl halides is 2. The van der Waals surface area contributed by atoms with Gasteiger partial charge < -0.3 is 10.1 Å². The number of anilines is 1. The monoisotopic (exact) mass is 409 g/mol. The highest BCUT2D eigenvalue weighted by molar-refractivity contribution is 7.99. The molecule has 0 spiro atoms. The molecule has 1 N–H and O–H groups in total. The highest BCUT2D eigenvalue weighted by atomic mass is 32.2. The summed E-state index contributed by atoms with van der Waals surface area (Å²) in [5, 5.41) is 2.66. The Bertz CT molecular complexity index is 811. The smallest absolute Gasteiger partial charge is 0.306 e. The molecule has 0 radical (unpaired) electrons. The number of hydrogen-bond acceptors (Lipinski definition) is 6. The van der Waals surface area contributed by atoms with Gasteiger partial charge in [0.25, 0.3) is 11.7 Å². The Morgan fingerprint density at radius 3 is 2.32 bits per heavy atom. The Labute approximate surface area is 166 Å². The maximum Gasteiger partial charge on any atom is 0.306 e. The first kappa shape index (κ1) is 21.7. The molecule has 1 aromatic carbocycles. The minimum Gasteiger partial charge on any atom is -0.453 e. The van der Waals surface area contributed by atoms with Crippen molar-refractivity contribution in [1.29, 1.82) is 0 Å². The van der Waals surface area contributed by atoms with Crippen molar-refractivity contribution in [3.05, 3.63) is 47.3 Å². The number of carbonyl (C=O) groups excluding carboxylic acids is 2. The summed E-state index contributed by atoms with van der Waals surface area (Å²) in [6.07, 6.45) is -0.630. The lowest BCUT2D eigenvalue weighted by Crippen LogP contribution is -2.30. The summed E-state index contributed by atoms with van der Waals surface area (Å²) in [4.78, 5) is 32.2. The van der Waals surface area contributed by atoms with Crippen LogP contribution in [0.4, 0.5) is 14.5 Å². The number of aryl methyl sites for hydroxylation is 2. The number of carbonyl (C=O) groups is 2. The number of benzene rings is 1. The summed E-state index contributed by atoms with van der Waals surface area (Å²) in [6, 6.07) is 8.85. The fourth-order valence-corrected chi connectivity index (χ4v) is 3.04. The molecule has 150 valence electrons. The van der Waals surface area contributed by atoms with Gasteiger partial charge in [0, 0.05) is 23.5 Å². The molecule has 28 heavy (non-hydrogen) atoms. The van der Waals surface area contributed by atoms with Gasteiger partial charge in [-0.3, -0.25) is 9.59 Å². The van der Waals surface area contributed by atoms with E-state index in [2.05, 4.69) is 15.3 Å². The number of ether oxygens (including phenoxy) is 1. The Balaban J connectivity index is 1.89. The fraction of sp³-hybridized carbons (Fsp3) is 0.368. The Kier molecular flexibility index (Phi) is 7.86. The molecule has 6 nitrogen and oxygen atoms in total. The van der Waals surface area contributed by atoms with E-state index in [4.69, 9.17) is 4.74 Å². The SMILES string of the molecule is Cc1nc(SC(F)F)nc(C)c1CCC(=O)O[C@@H](C)C(=O)Nc1ccccc1. The van der Waals surface area contributed by atoms with Gasteiger partial charge in [-0.2, -0.15) is 8.78 Å². The van der Waals surface area contributed by atoms with Crippen LogP contribution in [0.15, 0.2) is 35.5 Å². The number of para-hydroxylation sites is 1. The molecule has 0 aliphatic rings. The van der Waals surface area contributed by atoms with Gasteiger partial charge in [0.2, 0.25) is 0 Å². The van der Waals surface area contributed by atoms with Gasteiger partial charge in [0.15, 0.2) is 11.3 Å². The fourth-order valence-electron chi connectivity index (χ4n) is 2.50. The lowest BCUT2D eigenvalue weighted by molar-refractivity contribution is -0.153. The average Bonchev–Trinajstić information content (AvgIpc) is 2.61. The van der Waals surface area contributed by atoms with Crippen LogP contribution in [0.3, 0.4) is 0 Å². The quantitative estimate of drug-likeness (QED) is 0.404. The molecule has 0 aliphatic carbocycles. The molecule has 0 unspecified atom stereocenters. The molecule has 1 atom stereocenters. The first-order chi connectivity index (χ1) is 13.3. The van der Waals surface area contributed by atoms with Crippen molar-refractivity contribution in [2.24, 2.45) is 0 Å². The van der Waals surface area contributed by atoms with Crippen molar-refractivity contribution < 1.29 is 23.1 Å². The first-order valence-corrected chi connectivity index (χ1v) is 9.48. The summed E-state index contributed by atoms with van der Waals surface area (Å²) in [5.74, 6) is -3.56. The van der Waals surface area contributed by atoms with Crippen LogP contribution >= 0.6 is 11.8 Å². The van der Waals surface area contributed by atoms with Crippen LogP contribution in [0.1, 0.15) is 30.3 Å². The van der Waals surface area contributed by atoms with Crippen LogP contribution in [-0.2, 0) is 20.7 Å². The topological polar surface area (TPSA) is 81.2 Å². The number of nitrogens with one attached hydrogen (secondary N) is 1. The van der Waals surface area contributed by atoms with Crippen LogP contribution < -0.4 is 5.32 Å². The Morgan fingerprint density at radius 2 is 1.75 bits per heavy atom. The lowest BCUT2D eigenvalue weighted by atomic mass is 10.1. The van der Waals surface area contributed by atoms with E-state index in [1.807, 2.05) is 6.07 Å². The number of rotatable bonds is 8. The molecule has 0 aliphatic heterocycles. The zero-order chi connectivity index (χ0) is 20.7. The summed E-state index contributed by atoms with van der Waals surface area (Å²) >= 11 is 0.280. The maximum atomic E-state index is 12.5. The summed E-state index contributed by atoms with van der Waals surface area (Å²) in [5.41, 5.74) is 2.40. The van der Waals surface area contributed by atoms with Gasteiger partial charge in [0.05, 0.1) is 0 Å². The molecule has 0 bridgehead atoms. The molecule has 9 heteroatoms. The van der Waals surface area contributed by atoms with Crippen molar-refractivity contribution in [1.82, 2.24) is 9.97 Å². The van der Waals surface area contributed by atoms with Crippen molar-refractivity contribution >= 4 is 29.3 Å². The van der Waals surface area contributed by atoms with Crippen LogP contribution in [0.25, 0.3) is 0 Å². The lowest BCUT2D eigenvalue weighted by Gasteiger charge is -2.14. The third-order valence-corrected chi connectivity index (χ3v) is 4.46. The minimum atomic E-state index is -2.59. The van der Waals surface area contributed by atoms with E-state index in [-0.39, 0.29) is 23.3 Å². The van der Waals surface area contributed by atoms with E-state index < -0.39 is 23.7 Å². The maximum absolute atomic E-state index is 12.5. The molecule has 1 amide bonds. The average molecular weight is 409 g/mol. The number of esters is 1. The predicted molar refractivity (Wildman–Crippen MR) is 102 cm³/mol. The molecule has 0 saturated carbocycles. The molecule has 1 heterocycles. The van der Waals surface area contributed by atoms with Gasteiger partial charge in [-0.1, -0.05) is 18.2 Å². The number of thioether (sulfide) groups is 1. The second-order valence-electron chi connectivity index (χ2n) is 6.02. The largest absolute Gasteiger partial charge is 0.453 e. The molecule has 1 aromatic heterocycles. The Hall–Kier alpha value is -2.55. The van der Waals surface area contributed by atoms with Gasteiger partial charge >= 0.3 is 5.97 Å². The number of amides is 1. The zero-order valence-corrected chi connectivity index (χ0v) is 16.6. The minimum absolute atomic E-state index is 0.00234. The molecule has 2 aromatic rings. The summed E-state index contributed by atoms with van der Waals surface area (Å²) < 4.78 is 30.1. The van der Waals surface area contributed by atoms with Crippen LogP contribution in [-0.4, -0.2) is 33.7 Å². The molecule has 0 fully saturated rings. The normalized spacial score (nSPS) is 11.9. The van der Waals surface area contributed by atoms with Crippen LogP contribution in [0.5, 0.6) is 0 Å². The van der Waals surface area contributed by atoms with Crippen molar-refractivity contribution in [2.75, 3.05) is 5.32 Å². The molecular formula is C19H21F2N3O3S. The predicted octanol–water partition coefficient (Wildman–Crippen LogP) is 3.91. The number of halogens is 2. The second kappa shape index (κ2) is 10.1. The molecule has 2 rings (SSSR count). The number of aromatic nitrogens is 2. The van der Waals surface area contributed by atoms with E-state index in [9.17, 15) is 18.4 Å². The highest BCUT2D eigenvalue weighted by Gasteiger charge is 2.19. The van der Waals surface area contributed by atoms with E-state index in [0.29, 0.717) is 29.1 Å². The van der Waals surface area contributed by atoms with Crippen LogP contribution in [0, 0.1) is 13.8 Å². The van der Waals surface area contributed by atoms with E-state index >= 15 is 0 Å².